The van der Waals surface area contributed by atoms with Crippen LogP contribution >= 0.6 is 0 Å². The van der Waals surface area contributed by atoms with Crippen molar-refractivity contribution in [3.63, 3.8) is 0 Å². The lowest BCUT2D eigenvalue weighted by Gasteiger charge is -2.18. The molecule has 15 heavy (non-hydrogen) atoms. The first-order valence-corrected chi connectivity index (χ1v) is 5.93. The number of nitrogens with two attached hydrogens (primary N) is 1. The van der Waals surface area contributed by atoms with Crippen LogP contribution in [0.3, 0.4) is 0 Å². The molecular formula is C13H18N2. The van der Waals surface area contributed by atoms with Gasteiger partial charge < -0.3 is 0 Å². The van der Waals surface area contributed by atoms with E-state index < -0.39 is 0 Å². The maximum atomic E-state index is 5.70. The molecule has 0 bridgehead atoms. The number of rotatable bonds is 3. The molecule has 0 radical (unpaired) electrons. The molecule has 0 heterocycles. The Balaban J connectivity index is 1.78. The van der Waals surface area contributed by atoms with E-state index in [1.54, 1.807) is 0 Å². The summed E-state index contributed by atoms with van der Waals surface area (Å²) in [6.07, 6.45) is 4.26. The van der Waals surface area contributed by atoms with Gasteiger partial charge in [0.15, 0.2) is 0 Å². The van der Waals surface area contributed by atoms with Crippen molar-refractivity contribution in [1.82, 2.24) is 5.43 Å². The van der Waals surface area contributed by atoms with Gasteiger partial charge in [0.05, 0.1) is 0 Å². The quantitative estimate of drug-likeness (QED) is 0.582. The maximum Gasteiger partial charge on any atom is 0.0493 e. The highest BCUT2D eigenvalue weighted by molar-refractivity contribution is 5.23. The summed E-state index contributed by atoms with van der Waals surface area (Å²) < 4.78 is 0. The van der Waals surface area contributed by atoms with Crippen molar-refractivity contribution in [2.24, 2.45) is 23.6 Å². The van der Waals surface area contributed by atoms with Gasteiger partial charge in [-0.2, -0.15) is 0 Å². The highest BCUT2D eigenvalue weighted by atomic mass is 15.2. The number of hydrogen-bond acceptors (Lipinski definition) is 2. The third-order valence-electron chi connectivity index (χ3n) is 4.20. The number of hydrazine groups is 1. The Kier molecular flexibility index (Phi) is 2.26. The number of benzene rings is 1. The molecule has 1 aromatic carbocycles. The summed E-state index contributed by atoms with van der Waals surface area (Å²) in [4.78, 5) is 0. The third-order valence-corrected chi connectivity index (χ3v) is 4.20. The first-order valence-electron chi connectivity index (χ1n) is 5.93. The Morgan fingerprint density at radius 2 is 1.80 bits per heavy atom. The van der Waals surface area contributed by atoms with E-state index >= 15 is 0 Å². The molecule has 80 valence electrons. The molecule has 2 saturated carbocycles. The highest BCUT2D eigenvalue weighted by Gasteiger charge is 2.55. The third kappa shape index (κ3) is 1.48. The van der Waals surface area contributed by atoms with Gasteiger partial charge in [-0.25, -0.2) is 0 Å². The largest absolute Gasteiger partial charge is 0.271 e. The van der Waals surface area contributed by atoms with Crippen molar-refractivity contribution >= 4 is 0 Å². The van der Waals surface area contributed by atoms with Crippen LogP contribution in [0, 0.1) is 17.8 Å². The average Bonchev–Trinajstić information content (AvgIpc) is 2.76. The zero-order chi connectivity index (χ0) is 10.3. The minimum atomic E-state index is 0.376. The Bertz CT molecular complexity index is 326. The summed E-state index contributed by atoms with van der Waals surface area (Å²) >= 11 is 0. The van der Waals surface area contributed by atoms with Gasteiger partial charge in [0.2, 0.25) is 0 Å². The fraction of sp³-hybridized carbons (Fsp3) is 0.538. The minimum Gasteiger partial charge on any atom is -0.271 e. The topological polar surface area (TPSA) is 38.0 Å². The Morgan fingerprint density at radius 1 is 1.13 bits per heavy atom. The molecule has 0 spiro atoms. The lowest BCUT2D eigenvalue weighted by Crippen LogP contribution is -2.30. The zero-order valence-corrected chi connectivity index (χ0v) is 8.89. The molecule has 0 saturated heterocycles. The fourth-order valence-corrected chi connectivity index (χ4v) is 3.46. The smallest absolute Gasteiger partial charge is 0.0493 e. The van der Waals surface area contributed by atoms with Gasteiger partial charge in [0.1, 0.15) is 0 Å². The second kappa shape index (κ2) is 3.62. The lowest BCUT2D eigenvalue weighted by molar-refractivity contribution is 0.425. The van der Waals surface area contributed by atoms with Gasteiger partial charge in [-0.3, -0.25) is 11.3 Å². The van der Waals surface area contributed by atoms with E-state index in [2.05, 4.69) is 35.8 Å². The Labute approximate surface area is 90.8 Å². The predicted molar refractivity (Wildman–Crippen MR) is 60.8 cm³/mol. The molecule has 2 aliphatic carbocycles. The van der Waals surface area contributed by atoms with Gasteiger partial charge in [0.25, 0.3) is 0 Å². The van der Waals surface area contributed by atoms with Crippen LogP contribution in [0.5, 0.6) is 0 Å². The molecular weight excluding hydrogens is 184 g/mol. The van der Waals surface area contributed by atoms with Crippen molar-refractivity contribution < 1.29 is 0 Å². The summed E-state index contributed by atoms with van der Waals surface area (Å²) in [5.41, 5.74) is 4.36. The molecule has 2 aliphatic rings. The van der Waals surface area contributed by atoms with Gasteiger partial charge in [-0.1, -0.05) is 36.8 Å². The van der Waals surface area contributed by atoms with Crippen LogP contribution < -0.4 is 11.3 Å². The monoisotopic (exact) mass is 202 g/mol. The highest BCUT2D eigenvalue weighted by Crippen LogP contribution is 2.61. The first-order chi connectivity index (χ1) is 7.42. The van der Waals surface area contributed by atoms with Crippen LogP contribution in [0.25, 0.3) is 0 Å². The summed E-state index contributed by atoms with van der Waals surface area (Å²) in [7, 11) is 0. The van der Waals surface area contributed by atoms with Crippen LogP contribution in [0.1, 0.15) is 30.9 Å². The predicted octanol–water partition coefficient (Wildman–Crippen LogP) is 2.24. The standard InChI is InChI=1S/C13H18N2/c14-15-13(9-5-2-1-3-6-9)12-10-7-4-8-11(10)12/h1-3,5-6,10-13,15H,4,7-8,14H2. The van der Waals surface area contributed by atoms with Crippen molar-refractivity contribution in [1.29, 1.82) is 0 Å². The van der Waals surface area contributed by atoms with E-state index in [-0.39, 0.29) is 0 Å². The summed E-state index contributed by atoms with van der Waals surface area (Å²) in [5, 5.41) is 0. The fourth-order valence-electron chi connectivity index (χ4n) is 3.46. The zero-order valence-electron chi connectivity index (χ0n) is 8.89. The molecule has 2 nitrogen and oxygen atoms in total. The summed E-state index contributed by atoms with van der Waals surface area (Å²) in [6.45, 7) is 0. The van der Waals surface area contributed by atoms with Crippen LogP contribution in [0.4, 0.5) is 0 Å². The summed E-state index contributed by atoms with van der Waals surface area (Å²) in [6, 6.07) is 11.0. The van der Waals surface area contributed by atoms with Crippen LogP contribution in [0.2, 0.25) is 0 Å². The van der Waals surface area contributed by atoms with E-state index in [0.29, 0.717) is 6.04 Å². The van der Waals surface area contributed by atoms with Crippen molar-refractivity contribution in [3.8, 4) is 0 Å². The first kappa shape index (κ1) is 9.37. The minimum absolute atomic E-state index is 0.376. The van der Waals surface area contributed by atoms with Gasteiger partial charge >= 0.3 is 0 Å². The molecule has 1 aromatic rings. The molecule has 3 rings (SSSR count). The lowest BCUT2D eigenvalue weighted by atomic mass is 9.97. The average molecular weight is 202 g/mol. The van der Waals surface area contributed by atoms with Crippen LogP contribution in [0.15, 0.2) is 30.3 Å². The van der Waals surface area contributed by atoms with Crippen molar-refractivity contribution in [2.45, 2.75) is 25.3 Å². The second-order valence-corrected chi connectivity index (χ2v) is 4.89. The Morgan fingerprint density at radius 3 is 2.40 bits per heavy atom. The molecule has 3 N–H and O–H groups in total. The molecule has 3 atom stereocenters. The van der Waals surface area contributed by atoms with E-state index in [1.165, 1.54) is 24.8 Å². The molecule has 3 unspecified atom stereocenters. The number of fused-ring (bicyclic) bond motifs is 1. The van der Waals surface area contributed by atoms with E-state index in [0.717, 1.165) is 17.8 Å². The summed E-state index contributed by atoms with van der Waals surface area (Å²) in [5.74, 6) is 8.40. The normalized spacial score (nSPS) is 34.9. The maximum absolute atomic E-state index is 5.70. The number of nitrogens with one attached hydrogen (secondary N) is 1. The molecule has 0 amide bonds. The number of hydrogen-bond donors (Lipinski definition) is 2. The van der Waals surface area contributed by atoms with E-state index in [1.807, 2.05) is 0 Å². The van der Waals surface area contributed by atoms with Gasteiger partial charge in [0, 0.05) is 6.04 Å². The molecule has 2 fully saturated rings. The second-order valence-electron chi connectivity index (χ2n) is 4.89. The SMILES string of the molecule is NNC(c1ccccc1)C1C2CCCC21. The molecule has 2 heteroatoms. The van der Waals surface area contributed by atoms with Gasteiger partial charge in [-0.15, -0.1) is 0 Å². The molecule has 0 aromatic heterocycles. The molecule has 0 aliphatic heterocycles. The van der Waals surface area contributed by atoms with E-state index in [4.69, 9.17) is 5.84 Å². The van der Waals surface area contributed by atoms with Crippen molar-refractivity contribution in [2.75, 3.05) is 0 Å². The van der Waals surface area contributed by atoms with E-state index in [9.17, 15) is 0 Å². The van der Waals surface area contributed by atoms with Crippen molar-refractivity contribution in [3.05, 3.63) is 35.9 Å². The van der Waals surface area contributed by atoms with Crippen LogP contribution in [-0.2, 0) is 0 Å². The Hall–Kier alpha value is -0.860. The van der Waals surface area contributed by atoms with Gasteiger partial charge in [-0.05, 0) is 36.2 Å². The van der Waals surface area contributed by atoms with Crippen LogP contribution in [-0.4, -0.2) is 0 Å².